The Morgan fingerprint density at radius 2 is 2.20 bits per heavy atom. The van der Waals surface area contributed by atoms with E-state index in [1.165, 1.54) is 0 Å². The predicted octanol–water partition coefficient (Wildman–Crippen LogP) is 2.54. The molecule has 1 aliphatic heterocycles. The molecule has 20 heavy (non-hydrogen) atoms. The van der Waals surface area contributed by atoms with Crippen LogP contribution in [-0.2, 0) is 4.79 Å². The number of aliphatic hydroxyl groups is 1. The van der Waals surface area contributed by atoms with E-state index in [4.69, 9.17) is 0 Å². The fourth-order valence-corrected chi connectivity index (χ4v) is 2.89. The normalized spacial score (nSPS) is 17.6. The van der Waals surface area contributed by atoms with E-state index in [0.29, 0.717) is 19.6 Å². The first kappa shape index (κ1) is 15.5. The highest BCUT2D eigenvalue weighted by molar-refractivity contribution is 9.10. The molecule has 110 valence electrons. The molecule has 4 nitrogen and oxygen atoms in total. The van der Waals surface area contributed by atoms with Crippen LogP contribution in [0, 0.1) is 6.92 Å². The van der Waals surface area contributed by atoms with Crippen molar-refractivity contribution < 1.29 is 9.90 Å². The molecule has 0 atom stereocenters. The number of benzene rings is 1. The van der Waals surface area contributed by atoms with Crippen LogP contribution in [-0.4, -0.2) is 41.1 Å². The number of hydrogen-bond acceptors (Lipinski definition) is 3. The van der Waals surface area contributed by atoms with Crippen molar-refractivity contribution in [3.05, 3.63) is 28.2 Å². The van der Waals surface area contributed by atoms with Crippen molar-refractivity contribution in [3.63, 3.8) is 0 Å². The lowest BCUT2D eigenvalue weighted by atomic mass is 9.89. The number of nitrogens with zero attached hydrogens (tertiary/aromatic N) is 1. The van der Waals surface area contributed by atoms with Crippen LogP contribution in [0.2, 0.25) is 0 Å². The second-order valence-corrected chi connectivity index (χ2v) is 6.49. The number of nitrogens with one attached hydrogen (secondary N) is 1. The molecule has 1 heterocycles. The minimum Gasteiger partial charge on any atom is -0.387 e. The van der Waals surface area contributed by atoms with E-state index in [0.717, 1.165) is 28.6 Å². The van der Waals surface area contributed by atoms with Gasteiger partial charge in [-0.15, -0.1) is 0 Å². The first-order chi connectivity index (χ1) is 9.42. The van der Waals surface area contributed by atoms with Crippen molar-refractivity contribution in [2.24, 2.45) is 0 Å². The Hall–Kier alpha value is -0.910. The minimum absolute atomic E-state index is 0.0368. The molecule has 1 aliphatic rings. The molecule has 0 unspecified atom stereocenters. The SMILES string of the molecule is CCCC1(O)CN(CC(=O)Nc2ccc(Br)c(C)c2)C1. The Morgan fingerprint density at radius 1 is 1.50 bits per heavy atom. The van der Waals surface area contributed by atoms with Gasteiger partial charge >= 0.3 is 0 Å². The zero-order valence-electron chi connectivity index (χ0n) is 11.9. The van der Waals surface area contributed by atoms with E-state index in [1.807, 2.05) is 30.0 Å². The highest BCUT2D eigenvalue weighted by Gasteiger charge is 2.40. The summed E-state index contributed by atoms with van der Waals surface area (Å²) in [5.74, 6) is -0.0368. The first-order valence-electron chi connectivity index (χ1n) is 6.92. The van der Waals surface area contributed by atoms with Gasteiger partial charge in [-0.25, -0.2) is 0 Å². The van der Waals surface area contributed by atoms with Crippen molar-refractivity contribution in [1.82, 2.24) is 4.90 Å². The molecule has 1 aromatic rings. The van der Waals surface area contributed by atoms with Gasteiger partial charge in [0.25, 0.3) is 0 Å². The second kappa shape index (κ2) is 6.24. The largest absolute Gasteiger partial charge is 0.387 e. The molecule has 1 saturated heterocycles. The third-order valence-electron chi connectivity index (χ3n) is 3.56. The first-order valence-corrected chi connectivity index (χ1v) is 7.72. The number of carbonyl (C=O) groups excluding carboxylic acids is 1. The van der Waals surface area contributed by atoms with E-state index >= 15 is 0 Å². The van der Waals surface area contributed by atoms with Gasteiger partial charge in [0.2, 0.25) is 5.91 Å². The lowest BCUT2D eigenvalue weighted by Gasteiger charge is -2.46. The monoisotopic (exact) mass is 340 g/mol. The van der Waals surface area contributed by atoms with Gasteiger partial charge in [0.15, 0.2) is 0 Å². The number of β-amino-alcohol motifs (C(OH)–C–C–N with tert-alkyl or cyclic N) is 1. The van der Waals surface area contributed by atoms with Crippen LogP contribution < -0.4 is 5.32 Å². The Labute approximate surface area is 128 Å². The molecule has 2 rings (SSSR count). The molecule has 5 heteroatoms. The molecule has 1 fully saturated rings. The third-order valence-corrected chi connectivity index (χ3v) is 4.45. The zero-order chi connectivity index (χ0) is 14.8. The fraction of sp³-hybridized carbons (Fsp3) is 0.533. The summed E-state index contributed by atoms with van der Waals surface area (Å²) in [6.45, 7) is 5.56. The number of aryl methyl sites for hydroxylation is 1. The molecule has 1 amide bonds. The Balaban J connectivity index is 1.81. The van der Waals surface area contributed by atoms with Crippen LogP contribution in [0.1, 0.15) is 25.3 Å². The summed E-state index contributed by atoms with van der Waals surface area (Å²) < 4.78 is 1.03. The van der Waals surface area contributed by atoms with Crippen LogP contribution in [0.4, 0.5) is 5.69 Å². The highest BCUT2D eigenvalue weighted by Crippen LogP contribution is 2.25. The average molecular weight is 341 g/mol. The third kappa shape index (κ3) is 3.81. The van der Waals surface area contributed by atoms with E-state index in [2.05, 4.69) is 28.2 Å². The maximum Gasteiger partial charge on any atom is 0.238 e. The van der Waals surface area contributed by atoms with Crippen LogP contribution in [0.15, 0.2) is 22.7 Å². The molecule has 2 N–H and O–H groups in total. The Bertz CT molecular complexity index is 499. The quantitative estimate of drug-likeness (QED) is 0.865. The lowest BCUT2D eigenvalue weighted by molar-refractivity contribution is -0.129. The summed E-state index contributed by atoms with van der Waals surface area (Å²) in [5.41, 5.74) is 1.31. The number of anilines is 1. The van der Waals surface area contributed by atoms with Gasteiger partial charge in [-0.2, -0.15) is 0 Å². The summed E-state index contributed by atoms with van der Waals surface area (Å²) >= 11 is 3.43. The summed E-state index contributed by atoms with van der Waals surface area (Å²) in [7, 11) is 0. The summed E-state index contributed by atoms with van der Waals surface area (Å²) in [5, 5.41) is 13.0. The Morgan fingerprint density at radius 3 is 2.80 bits per heavy atom. The summed E-state index contributed by atoms with van der Waals surface area (Å²) in [6.07, 6.45) is 1.77. The molecule has 0 aromatic heterocycles. The summed E-state index contributed by atoms with van der Waals surface area (Å²) in [4.78, 5) is 13.9. The van der Waals surface area contributed by atoms with Crippen molar-refractivity contribution in [1.29, 1.82) is 0 Å². The van der Waals surface area contributed by atoms with E-state index < -0.39 is 5.60 Å². The van der Waals surface area contributed by atoms with Crippen LogP contribution in [0.3, 0.4) is 0 Å². The molecule has 0 saturated carbocycles. The molecule has 0 bridgehead atoms. The van der Waals surface area contributed by atoms with Gasteiger partial charge in [-0.1, -0.05) is 29.3 Å². The Kier molecular flexibility index (Phi) is 4.83. The fourth-order valence-electron chi connectivity index (χ4n) is 2.65. The molecule has 0 radical (unpaired) electrons. The number of halogens is 1. The van der Waals surface area contributed by atoms with Crippen LogP contribution in [0.25, 0.3) is 0 Å². The maximum absolute atomic E-state index is 11.9. The lowest BCUT2D eigenvalue weighted by Crippen LogP contribution is -2.62. The van der Waals surface area contributed by atoms with Crippen molar-refractivity contribution in [2.45, 2.75) is 32.3 Å². The number of hydrogen-bond donors (Lipinski definition) is 2. The van der Waals surface area contributed by atoms with E-state index in [1.54, 1.807) is 0 Å². The smallest absolute Gasteiger partial charge is 0.238 e. The standard InChI is InChI=1S/C15H21BrN2O2/c1-3-6-15(20)9-18(10-15)8-14(19)17-12-4-5-13(16)11(2)7-12/h4-5,7,20H,3,6,8-10H2,1-2H3,(H,17,19). The van der Waals surface area contributed by atoms with Gasteiger partial charge < -0.3 is 10.4 Å². The van der Waals surface area contributed by atoms with Gasteiger partial charge in [-0.05, 0) is 37.1 Å². The van der Waals surface area contributed by atoms with Crippen molar-refractivity contribution in [3.8, 4) is 0 Å². The molecular formula is C15H21BrN2O2. The average Bonchev–Trinajstić information content (AvgIpc) is 2.32. The van der Waals surface area contributed by atoms with Gasteiger partial charge in [0.05, 0.1) is 12.1 Å². The number of amides is 1. The second-order valence-electron chi connectivity index (χ2n) is 5.63. The van der Waals surface area contributed by atoms with E-state index in [9.17, 15) is 9.90 Å². The van der Waals surface area contributed by atoms with Crippen molar-refractivity contribution in [2.75, 3.05) is 25.0 Å². The number of carbonyl (C=O) groups is 1. The molecule has 1 aromatic carbocycles. The van der Waals surface area contributed by atoms with Crippen LogP contribution >= 0.6 is 15.9 Å². The van der Waals surface area contributed by atoms with Crippen molar-refractivity contribution >= 4 is 27.5 Å². The van der Waals surface area contributed by atoms with Gasteiger partial charge in [0, 0.05) is 23.2 Å². The molecule has 0 aliphatic carbocycles. The zero-order valence-corrected chi connectivity index (χ0v) is 13.5. The molecular weight excluding hydrogens is 320 g/mol. The van der Waals surface area contributed by atoms with Crippen LogP contribution in [0.5, 0.6) is 0 Å². The highest BCUT2D eigenvalue weighted by atomic mass is 79.9. The topological polar surface area (TPSA) is 52.6 Å². The summed E-state index contributed by atoms with van der Waals surface area (Å²) in [6, 6.07) is 5.73. The van der Waals surface area contributed by atoms with Gasteiger partial charge in [0.1, 0.15) is 0 Å². The minimum atomic E-state index is -0.580. The van der Waals surface area contributed by atoms with E-state index in [-0.39, 0.29) is 5.91 Å². The molecule has 0 spiro atoms. The maximum atomic E-state index is 11.9. The number of rotatable bonds is 5. The van der Waals surface area contributed by atoms with Gasteiger partial charge in [-0.3, -0.25) is 9.69 Å². The number of likely N-dealkylation sites (tertiary alicyclic amines) is 1. The predicted molar refractivity (Wildman–Crippen MR) is 83.8 cm³/mol.